The lowest BCUT2D eigenvalue weighted by Gasteiger charge is -2.16. The molecule has 0 aliphatic rings. The van der Waals surface area contributed by atoms with E-state index in [1.54, 1.807) is 0 Å². The molecule has 0 aromatic carbocycles. The molecule has 0 heterocycles. The molecule has 0 spiro atoms. The second-order valence-electron chi connectivity index (χ2n) is 3.29. The molecule has 0 atom stereocenters. The minimum atomic E-state index is -0.0782. The Labute approximate surface area is 99.2 Å². The van der Waals surface area contributed by atoms with E-state index in [2.05, 4.69) is 0 Å². The van der Waals surface area contributed by atoms with E-state index in [4.69, 9.17) is 18.9 Å². The second-order valence-corrected chi connectivity index (χ2v) is 3.29. The van der Waals surface area contributed by atoms with Gasteiger partial charge in [0.2, 0.25) is 0 Å². The Kier molecular flexibility index (Phi) is 12.8. The van der Waals surface area contributed by atoms with E-state index in [1.165, 1.54) is 0 Å². The minimum absolute atomic E-state index is 0.0782. The summed E-state index contributed by atoms with van der Waals surface area (Å²) in [6.45, 7) is 10.2. The van der Waals surface area contributed by atoms with Crippen molar-refractivity contribution in [2.45, 2.75) is 39.9 Å². The summed E-state index contributed by atoms with van der Waals surface area (Å²) in [6, 6.07) is 0. The molecular weight excluding hydrogens is 208 g/mol. The maximum absolute atomic E-state index is 5.43. The zero-order chi connectivity index (χ0) is 12.1. The molecule has 0 aromatic rings. The van der Waals surface area contributed by atoms with Crippen molar-refractivity contribution in [1.82, 2.24) is 0 Å². The highest BCUT2D eigenvalue weighted by Gasteiger charge is 2.06. The van der Waals surface area contributed by atoms with Crippen LogP contribution in [0.25, 0.3) is 0 Å². The van der Waals surface area contributed by atoms with Gasteiger partial charge in [-0.1, -0.05) is 0 Å². The monoisotopic (exact) mass is 234 g/mol. The van der Waals surface area contributed by atoms with Crippen molar-refractivity contribution in [2.75, 3.05) is 39.6 Å². The standard InChI is InChI=1S/C12H26O4/c1-4-13-10-11-14-9-7-8-12(15-5-2)16-6-3/h12H,4-11H2,1-3H3. The fraction of sp³-hybridized carbons (Fsp3) is 1.00. The van der Waals surface area contributed by atoms with Gasteiger partial charge in [-0.15, -0.1) is 0 Å². The van der Waals surface area contributed by atoms with Gasteiger partial charge in [-0.3, -0.25) is 0 Å². The fourth-order valence-corrected chi connectivity index (χ4v) is 1.30. The largest absolute Gasteiger partial charge is 0.379 e. The summed E-state index contributed by atoms with van der Waals surface area (Å²) in [5, 5.41) is 0. The Hall–Kier alpha value is -0.160. The molecule has 0 fully saturated rings. The molecule has 4 heteroatoms. The highest BCUT2D eigenvalue weighted by Crippen LogP contribution is 2.04. The molecule has 0 unspecified atom stereocenters. The number of ether oxygens (including phenoxy) is 4. The van der Waals surface area contributed by atoms with Crippen LogP contribution in [0, 0.1) is 0 Å². The minimum Gasteiger partial charge on any atom is -0.379 e. The predicted octanol–water partition coefficient (Wildman–Crippen LogP) is 2.22. The molecule has 0 radical (unpaired) electrons. The summed E-state index contributed by atoms with van der Waals surface area (Å²) < 4.78 is 21.4. The van der Waals surface area contributed by atoms with Crippen molar-refractivity contribution in [3.63, 3.8) is 0 Å². The molecule has 0 aromatic heterocycles. The van der Waals surface area contributed by atoms with E-state index in [0.717, 1.165) is 26.1 Å². The van der Waals surface area contributed by atoms with Crippen molar-refractivity contribution >= 4 is 0 Å². The molecule has 0 N–H and O–H groups in total. The number of hydrogen-bond donors (Lipinski definition) is 0. The lowest BCUT2D eigenvalue weighted by Crippen LogP contribution is -2.18. The van der Waals surface area contributed by atoms with Crippen molar-refractivity contribution in [3.05, 3.63) is 0 Å². The van der Waals surface area contributed by atoms with Gasteiger partial charge in [-0.2, -0.15) is 0 Å². The van der Waals surface area contributed by atoms with E-state index in [0.29, 0.717) is 26.4 Å². The Balaban J connectivity index is 3.25. The Bertz CT molecular complexity index is 124. The van der Waals surface area contributed by atoms with Crippen LogP contribution in [0.2, 0.25) is 0 Å². The van der Waals surface area contributed by atoms with Gasteiger partial charge in [0.25, 0.3) is 0 Å². The number of hydrogen-bond acceptors (Lipinski definition) is 4. The van der Waals surface area contributed by atoms with Gasteiger partial charge in [0.05, 0.1) is 13.2 Å². The maximum Gasteiger partial charge on any atom is 0.157 e. The maximum atomic E-state index is 5.43. The van der Waals surface area contributed by atoms with Crippen LogP contribution >= 0.6 is 0 Å². The van der Waals surface area contributed by atoms with Crippen LogP contribution in [-0.4, -0.2) is 45.9 Å². The van der Waals surface area contributed by atoms with Crippen molar-refractivity contribution in [1.29, 1.82) is 0 Å². The molecule has 0 aliphatic carbocycles. The van der Waals surface area contributed by atoms with Crippen LogP contribution < -0.4 is 0 Å². The summed E-state index contributed by atoms with van der Waals surface area (Å²) in [4.78, 5) is 0. The van der Waals surface area contributed by atoms with Crippen molar-refractivity contribution < 1.29 is 18.9 Å². The summed E-state index contributed by atoms with van der Waals surface area (Å²) in [5.74, 6) is 0. The summed E-state index contributed by atoms with van der Waals surface area (Å²) in [6.07, 6.45) is 1.76. The first-order valence-electron chi connectivity index (χ1n) is 6.23. The van der Waals surface area contributed by atoms with E-state index in [1.807, 2.05) is 20.8 Å². The van der Waals surface area contributed by atoms with Crippen LogP contribution in [-0.2, 0) is 18.9 Å². The van der Waals surface area contributed by atoms with E-state index in [9.17, 15) is 0 Å². The third-order valence-electron chi connectivity index (χ3n) is 2.01. The third kappa shape index (κ3) is 10.4. The van der Waals surface area contributed by atoms with Crippen LogP contribution in [0.5, 0.6) is 0 Å². The quantitative estimate of drug-likeness (QED) is 0.383. The molecule has 0 amide bonds. The van der Waals surface area contributed by atoms with Gasteiger partial charge < -0.3 is 18.9 Å². The highest BCUT2D eigenvalue weighted by molar-refractivity contribution is 4.46. The summed E-state index contributed by atoms with van der Waals surface area (Å²) in [7, 11) is 0. The topological polar surface area (TPSA) is 36.9 Å². The molecule has 0 saturated heterocycles. The van der Waals surface area contributed by atoms with Gasteiger partial charge in [-0.25, -0.2) is 0 Å². The fourth-order valence-electron chi connectivity index (χ4n) is 1.30. The molecule has 0 aliphatic heterocycles. The van der Waals surface area contributed by atoms with Crippen molar-refractivity contribution in [2.24, 2.45) is 0 Å². The van der Waals surface area contributed by atoms with Crippen molar-refractivity contribution in [3.8, 4) is 0 Å². The van der Waals surface area contributed by atoms with Crippen LogP contribution in [0.15, 0.2) is 0 Å². The van der Waals surface area contributed by atoms with E-state index < -0.39 is 0 Å². The highest BCUT2D eigenvalue weighted by atomic mass is 16.7. The Morgan fingerprint density at radius 1 is 0.750 bits per heavy atom. The second kappa shape index (κ2) is 12.9. The van der Waals surface area contributed by atoms with Crippen LogP contribution in [0.4, 0.5) is 0 Å². The average Bonchev–Trinajstić information content (AvgIpc) is 2.28. The lowest BCUT2D eigenvalue weighted by molar-refractivity contribution is -0.141. The predicted molar refractivity (Wildman–Crippen MR) is 63.6 cm³/mol. The van der Waals surface area contributed by atoms with Crippen LogP contribution in [0.3, 0.4) is 0 Å². The molecule has 0 rings (SSSR count). The summed E-state index contributed by atoms with van der Waals surface area (Å²) in [5.41, 5.74) is 0. The lowest BCUT2D eigenvalue weighted by atomic mass is 10.3. The molecule has 98 valence electrons. The molecule has 0 bridgehead atoms. The average molecular weight is 234 g/mol. The Morgan fingerprint density at radius 2 is 1.38 bits per heavy atom. The first-order chi connectivity index (χ1) is 7.85. The van der Waals surface area contributed by atoms with Gasteiger partial charge in [0.1, 0.15) is 0 Å². The zero-order valence-corrected chi connectivity index (χ0v) is 10.9. The molecule has 4 nitrogen and oxygen atoms in total. The smallest absolute Gasteiger partial charge is 0.157 e. The SMILES string of the molecule is CCOCCOCCCC(OCC)OCC. The van der Waals surface area contributed by atoms with E-state index in [-0.39, 0.29) is 6.29 Å². The van der Waals surface area contributed by atoms with Gasteiger partial charge in [0.15, 0.2) is 6.29 Å². The van der Waals surface area contributed by atoms with E-state index >= 15 is 0 Å². The van der Waals surface area contributed by atoms with Gasteiger partial charge in [-0.05, 0) is 27.2 Å². The normalized spacial score (nSPS) is 11.2. The first kappa shape index (κ1) is 15.8. The zero-order valence-electron chi connectivity index (χ0n) is 10.9. The van der Waals surface area contributed by atoms with Gasteiger partial charge in [0, 0.05) is 32.8 Å². The molecule has 0 saturated carbocycles. The number of rotatable bonds is 12. The first-order valence-corrected chi connectivity index (χ1v) is 6.23. The Morgan fingerprint density at radius 3 is 1.94 bits per heavy atom. The third-order valence-corrected chi connectivity index (χ3v) is 2.01. The van der Waals surface area contributed by atoms with Gasteiger partial charge >= 0.3 is 0 Å². The molecular formula is C12H26O4. The molecule has 16 heavy (non-hydrogen) atoms. The summed E-state index contributed by atoms with van der Waals surface area (Å²) >= 11 is 0. The van der Waals surface area contributed by atoms with Crippen LogP contribution in [0.1, 0.15) is 33.6 Å².